The van der Waals surface area contributed by atoms with Crippen LogP contribution in [0.3, 0.4) is 0 Å². The number of pyridine rings is 1. The van der Waals surface area contributed by atoms with Gasteiger partial charge in [-0.25, -0.2) is 0 Å². The van der Waals surface area contributed by atoms with E-state index in [2.05, 4.69) is 39.9 Å². The SMILES string of the molecule is O=C(Nc1ccc(NCCc2ccccc2)cc1)c1cccc(OCc2cccnc2)c1. The predicted octanol–water partition coefficient (Wildman–Crippen LogP) is 5.57. The summed E-state index contributed by atoms with van der Waals surface area (Å²) in [6.45, 7) is 1.25. The highest BCUT2D eigenvalue weighted by Gasteiger charge is 2.08. The molecule has 0 unspecified atom stereocenters. The molecule has 0 radical (unpaired) electrons. The van der Waals surface area contributed by atoms with Crippen molar-refractivity contribution in [3.8, 4) is 5.75 Å². The summed E-state index contributed by atoms with van der Waals surface area (Å²) in [5, 5.41) is 6.34. The van der Waals surface area contributed by atoms with Gasteiger partial charge in [-0.3, -0.25) is 9.78 Å². The van der Waals surface area contributed by atoms with Gasteiger partial charge in [0.25, 0.3) is 5.91 Å². The number of nitrogens with one attached hydrogen (secondary N) is 2. The van der Waals surface area contributed by atoms with Crippen molar-refractivity contribution in [2.75, 3.05) is 17.2 Å². The number of carbonyl (C=O) groups excluding carboxylic acids is 1. The van der Waals surface area contributed by atoms with E-state index in [0.29, 0.717) is 17.9 Å². The van der Waals surface area contributed by atoms with Crippen LogP contribution < -0.4 is 15.4 Å². The minimum absolute atomic E-state index is 0.179. The molecule has 0 aliphatic heterocycles. The number of aromatic nitrogens is 1. The van der Waals surface area contributed by atoms with Gasteiger partial charge in [0.2, 0.25) is 0 Å². The van der Waals surface area contributed by atoms with Gasteiger partial charge in [-0.2, -0.15) is 0 Å². The highest BCUT2D eigenvalue weighted by atomic mass is 16.5. The molecule has 4 aromatic rings. The number of hydrogen-bond donors (Lipinski definition) is 2. The highest BCUT2D eigenvalue weighted by molar-refractivity contribution is 6.04. The molecule has 32 heavy (non-hydrogen) atoms. The summed E-state index contributed by atoms with van der Waals surface area (Å²) in [6.07, 6.45) is 4.44. The van der Waals surface area contributed by atoms with Crippen molar-refractivity contribution < 1.29 is 9.53 Å². The number of hydrogen-bond acceptors (Lipinski definition) is 4. The van der Waals surface area contributed by atoms with Crippen LogP contribution in [-0.2, 0) is 13.0 Å². The number of benzene rings is 3. The number of anilines is 2. The van der Waals surface area contributed by atoms with Gasteiger partial charge < -0.3 is 15.4 Å². The zero-order valence-electron chi connectivity index (χ0n) is 17.7. The Hall–Kier alpha value is -4.12. The molecule has 160 valence electrons. The van der Waals surface area contributed by atoms with E-state index in [1.54, 1.807) is 24.5 Å². The van der Waals surface area contributed by atoms with Gasteiger partial charge in [0.15, 0.2) is 0 Å². The van der Waals surface area contributed by atoms with Crippen molar-refractivity contribution in [2.24, 2.45) is 0 Å². The fourth-order valence-electron chi connectivity index (χ4n) is 3.25. The molecule has 1 amide bonds. The zero-order chi connectivity index (χ0) is 22.0. The molecular formula is C27H25N3O2. The van der Waals surface area contributed by atoms with Crippen molar-refractivity contribution in [2.45, 2.75) is 13.0 Å². The van der Waals surface area contributed by atoms with E-state index in [0.717, 1.165) is 29.9 Å². The number of nitrogens with zero attached hydrogens (tertiary/aromatic N) is 1. The minimum Gasteiger partial charge on any atom is -0.489 e. The molecule has 1 aromatic heterocycles. The second-order valence-electron chi connectivity index (χ2n) is 7.37. The molecule has 0 atom stereocenters. The van der Waals surface area contributed by atoms with Crippen LogP contribution in [0.2, 0.25) is 0 Å². The molecule has 0 saturated heterocycles. The van der Waals surface area contributed by atoms with Crippen LogP contribution in [0.1, 0.15) is 21.5 Å². The average Bonchev–Trinajstić information content (AvgIpc) is 2.85. The van der Waals surface area contributed by atoms with Crippen LogP contribution in [-0.4, -0.2) is 17.4 Å². The van der Waals surface area contributed by atoms with Crippen molar-refractivity contribution in [1.82, 2.24) is 4.98 Å². The molecule has 4 rings (SSSR count). The maximum Gasteiger partial charge on any atom is 0.255 e. The summed E-state index contributed by atoms with van der Waals surface area (Å²) in [5.41, 5.74) is 4.57. The first-order valence-corrected chi connectivity index (χ1v) is 10.6. The lowest BCUT2D eigenvalue weighted by molar-refractivity contribution is 0.102. The molecule has 5 nitrogen and oxygen atoms in total. The number of rotatable bonds is 9. The van der Waals surface area contributed by atoms with E-state index in [4.69, 9.17) is 4.74 Å². The van der Waals surface area contributed by atoms with Crippen LogP contribution >= 0.6 is 0 Å². The van der Waals surface area contributed by atoms with Crippen molar-refractivity contribution in [3.05, 3.63) is 120 Å². The first-order valence-electron chi connectivity index (χ1n) is 10.6. The monoisotopic (exact) mass is 423 g/mol. The van der Waals surface area contributed by atoms with Crippen molar-refractivity contribution in [3.63, 3.8) is 0 Å². The molecular weight excluding hydrogens is 398 g/mol. The smallest absolute Gasteiger partial charge is 0.255 e. The lowest BCUT2D eigenvalue weighted by atomic mass is 10.1. The Kier molecular flexibility index (Phi) is 7.11. The normalized spacial score (nSPS) is 10.4. The van der Waals surface area contributed by atoms with E-state index >= 15 is 0 Å². The Morgan fingerprint density at radius 3 is 2.38 bits per heavy atom. The van der Waals surface area contributed by atoms with E-state index in [-0.39, 0.29) is 5.91 Å². The Labute approximate surface area is 188 Å². The Bertz CT molecular complexity index is 1130. The first-order chi connectivity index (χ1) is 15.8. The molecule has 2 N–H and O–H groups in total. The third-order valence-electron chi connectivity index (χ3n) is 4.95. The molecule has 1 heterocycles. The summed E-state index contributed by atoms with van der Waals surface area (Å²) >= 11 is 0. The van der Waals surface area contributed by atoms with Gasteiger partial charge in [-0.15, -0.1) is 0 Å². The highest BCUT2D eigenvalue weighted by Crippen LogP contribution is 2.18. The molecule has 0 aliphatic rings. The minimum atomic E-state index is -0.179. The van der Waals surface area contributed by atoms with Crippen molar-refractivity contribution in [1.29, 1.82) is 0 Å². The standard InChI is InChI=1S/C27H25N3O2/c31-27(23-9-4-10-26(18-23)32-20-22-8-5-16-28-19-22)30-25-13-11-24(12-14-25)29-17-15-21-6-2-1-3-7-21/h1-14,16,18-19,29H,15,17,20H2,(H,30,31). The second-order valence-corrected chi connectivity index (χ2v) is 7.37. The number of carbonyl (C=O) groups is 1. The Morgan fingerprint density at radius 2 is 1.59 bits per heavy atom. The molecule has 0 bridgehead atoms. The largest absolute Gasteiger partial charge is 0.489 e. The summed E-state index contributed by atoms with van der Waals surface area (Å²) < 4.78 is 5.79. The fourth-order valence-corrected chi connectivity index (χ4v) is 3.25. The van der Waals surface area contributed by atoms with Crippen LogP contribution in [0.25, 0.3) is 0 Å². The Balaban J connectivity index is 1.28. The van der Waals surface area contributed by atoms with E-state index in [9.17, 15) is 4.79 Å². The van der Waals surface area contributed by atoms with Gasteiger partial charge in [-0.05, 0) is 60.5 Å². The summed E-state index contributed by atoms with van der Waals surface area (Å²) in [7, 11) is 0. The summed E-state index contributed by atoms with van der Waals surface area (Å²) in [5.74, 6) is 0.459. The fraction of sp³-hybridized carbons (Fsp3) is 0.111. The topological polar surface area (TPSA) is 63.2 Å². The second kappa shape index (κ2) is 10.8. The molecule has 0 saturated carbocycles. The van der Waals surface area contributed by atoms with E-state index < -0.39 is 0 Å². The van der Waals surface area contributed by atoms with Crippen LogP contribution in [0, 0.1) is 0 Å². The maximum atomic E-state index is 12.7. The van der Waals surface area contributed by atoms with Crippen LogP contribution in [0.15, 0.2) is 103 Å². The molecule has 0 aliphatic carbocycles. The average molecular weight is 424 g/mol. The molecule has 0 spiro atoms. The van der Waals surface area contributed by atoms with Crippen molar-refractivity contribution >= 4 is 17.3 Å². The first kappa shape index (κ1) is 21.1. The number of amides is 1. The van der Waals surface area contributed by atoms with Crippen LogP contribution in [0.5, 0.6) is 5.75 Å². The maximum absolute atomic E-state index is 12.7. The van der Waals surface area contributed by atoms with Gasteiger partial charge in [0, 0.05) is 41.4 Å². The zero-order valence-corrected chi connectivity index (χ0v) is 17.7. The van der Waals surface area contributed by atoms with Gasteiger partial charge >= 0.3 is 0 Å². The quantitative estimate of drug-likeness (QED) is 0.370. The third kappa shape index (κ3) is 6.19. The van der Waals surface area contributed by atoms with Crippen LogP contribution in [0.4, 0.5) is 11.4 Å². The predicted molar refractivity (Wildman–Crippen MR) is 128 cm³/mol. The molecule has 5 heteroatoms. The van der Waals surface area contributed by atoms with Gasteiger partial charge in [-0.1, -0.05) is 42.5 Å². The molecule has 0 fully saturated rings. The number of ether oxygens (including phenoxy) is 1. The van der Waals surface area contributed by atoms with Gasteiger partial charge in [0.1, 0.15) is 12.4 Å². The summed E-state index contributed by atoms with van der Waals surface area (Å²) in [4.78, 5) is 16.7. The lowest BCUT2D eigenvalue weighted by Crippen LogP contribution is -2.12. The van der Waals surface area contributed by atoms with Gasteiger partial charge in [0.05, 0.1) is 0 Å². The lowest BCUT2D eigenvalue weighted by Gasteiger charge is -2.10. The summed E-state index contributed by atoms with van der Waals surface area (Å²) in [6, 6.07) is 29.1. The third-order valence-corrected chi connectivity index (χ3v) is 4.95. The van der Waals surface area contributed by atoms with E-state index in [1.807, 2.05) is 54.6 Å². The Morgan fingerprint density at radius 1 is 0.812 bits per heavy atom. The molecule has 3 aromatic carbocycles. The van der Waals surface area contributed by atoms with E-state index in [1.165, 1.54) is 5.56 Å².